The van der Waals surface area contributed by atoms with Crippen molar-refractivity contribution in [2.45, 2.75) is 129 Å². The number of hydrogen-bond acceptors (Lipinski definition) is 0. The van der Waals surface area contributed by atoms with Crippen molar-refractivity contribution in [3.63, 3.8) is 0 Å². The summed E-state index contributed by atoms with van der Waals surface area (Å²) in [5.74, 6) is 2.78. The normalized spacial score (nSPS) is 20.4. The van der Waals surface area contributed by atoms with Gasteiger partial charge in [0.1, 0.15) is 0 Å². The fourth-order valence-electron chi connectivity index (χ4n) is 8.34. The van der Waals surface area contributed by atoms with Gasteiger partial charge in [-0.3, -0.25) is 0 Å². The summed E-state index contributed by atoms with van der Waals surface area (Å²) >= 11 is 0. The predicted octanol–water partition coefficient (Wildman–Crippen LogP) is 11.0. The molecule has 0 saturated heterocycles. The quantitative estimate of drug-likeness (QED) is 0.215. The summed E-state index contributed by atoms with van der Waals surface area (Å²) in [6.45, 7) is 27.7. The molecule has 3 aliphatic rings. The Bertz CT molecular complexity index is 1460. The second-order valence-corrected chi connectivity index (χ2v) is 13.4. The second-order valence-electron chi connectivity index (χ2n) is 13.4. The molecule has 3 aromatic rings. The van der Waals surface area contributed by atoms with Crippen LogP contribution in [0, 0.1) is 88.0 Å². The summed E-state index contributed by atoms with van der Waals surface area (Å²) in [6.07, 6.45) is 6.79. The van der Waals surface area contributed by atoms with E-state index in [0.717, 1.165) is 24.2 Å². The van der Waals surface area contributed by atoms with Crippen molar-refractivity contribution in [1.29, 1.82) is 0 Å². The Labute approximate surface area is 240 Å². The number of benzene rings is 3. The molecule has 0 bridgehead atoms. The first-order valence-corrected chi connectivity index (χ1v) is 15.1. The zero-order chi connectivity index (χ0) is 27.8. The molecule has 0 heteroatoms. The van der Waals surface area contributed by atoms with E-state index in [-0.39, 0.29) is 7.43 Å². The molecule has 0 amide bonds. The van der Waals surface area contributed by atoms with Crippen molar-refractivity contribution in [1.82, 2.24) is 0 Å². The fraction of sp³-hybridized carbons (Fsp3) is 0.538. The highest BCUT2D eigenvalue weighted by Crippen LogP contribution is 2.51. The molecule has 0 heterocycles. The highest BCUT2D eigenvalue weighted by Gasteiger charge is 2.38. The van der Waals surface area contributed by atoms with Gasteiger partial charge >= 0.3 is 0 Å². The third kappa shape index (κ3) is 4.51. The van der Waals surface area contributed by atoms with E-state index in [0.29, 0.717) is 0 Å². The highest BCUT2D eigenvalue weighted by molar-refractivity contribution is 5.85. The van der Waals surface area contributed by atoms with Crippen LogP contribution < -0.4 is 0 Å². The lowest BCUT2D eigenvalue weighted by atomic mass is 9.74. The monoisotopic (exact) mass is 522 g/mol. The minimum absolute atomic E-state index is 0. The average Bonchev–Trinajstić information content (AvgIpc) is 3.46. The number of aryl methyl sites for hydroxylation is 1. The Kier molecular flexibility index (Phi) is 8.03. The first kappa shape index (κ1) is 29.6. The molecule has 0 N–H and O–H groups in total. The van der Waals surface area contributed by atoms with E-state index in [4.69, 9.17) is 0 Å². The van der Waals surface area contributed by atoms with Gasteiger partial charge in [-0.2, -0.15) is 0 Å². The zero-order valence-electron chi connectivity index (χ0n) is 26.3. The van der Waals surface area contributed by atoms with Crippen molar-refractivity contribution in [3.8, 4) is 11.1 Å². The Balaban J connectivity index is 0.000000177. The maximum absolute atomic E-state index is 2.44. The lowest BCUT2D eigenvalue weighted by Crippen LogP contribution is -2.19. The van der Waals surface area contributed by atoms with Crippen molar-refractivity contribution >= 4 is 0 Å². The van der Waals surface area contributed by atoms with Gasteiger partial charge in [-0.15, -0.1) is 0 Å². The smallest absolute Gasteiger partial charge is 0.00104 e. The van der Waals surface area contributed by atoms with Gasteiger partial charge in [0.25, 0.3) is 0 Å². The van der Waals surface area contributed by atoms with Gasteiger partial charge in [0.15, 0.2) is 0 Å². The average molecular weight is 523 g/mol. The van der Waals surface area contributed by atoms with Gasteiger partial charge in [-0.05, 0) is 214 Å². The molecule has 2 unspecified atom stereocenters. The topological polar surface area (TPSA) is 0 Å². The Morgan fingerprint density at radius 3 is 1.74 bits per heavy atom. The molecule has 0 aromatic heterocycles. The summed E-state index contributed by atoms with van der Waals surface area (Å²) in [7, 11) is 0. The van der Waals surface area contributed by atoms with Crippen molar-refractivity contribution in [3.05, 3.63) is 89.5 Å². The van der Waals surface area contributed by atoms with Crippen LogP contribution in [-0.2, 0) is 12.8 Å². The second kappa shape index (κ2) is 10.6. The van der Waals surface area contributed by atoms with Crippen LogP contribution in [0.2, 0.25) is 0 Å². The van der Waals surface area contributed by atoms with Crippen LogP contribution in [0.4, 0.5) is 0 Å². The van der Waals surface area contributed by atoms with Crippen LogP contribution in [-0.4, -0.2) is 0 Å². The third-order valence-electron chi connectivity index (χ3n) is 11.6. The van der Waals surface area contributed by atoms with Crippen LogP contribution in [0.15, 0.2) is 6.07 Å². The van der Waals surface area contributed by atoms with E-state index in [1.807, 2.05) is 0 Å². The maximum atomic E-state index is 2.44. The van der Waals surface area contributed by atoms with Crippen molar-refractivity contribution < 1.29 is 0 Å². The molecular weight excluding hydrogens is 468 g/mol. The molecule has 0 aliphatic heterocycles. The fourth-order valence-corrected chi connectivity index (χ4v) is 8.34. The largest absolute Gasteiger partial charge is 0.0776 e. The molecule has 6 rings (SSSR count). The molecule has 3 aliphatic carbocycles. The molecule has 3 atom stereocenters. The molecule has 210 valence electrons. The van der Waals surface area contributed by atoms with Crippen LogP contribution in [0.1, 0.15) is 123 Å². The van der Waals surface area contributed by atoms with Gasteiger partial charge in [0.2, 0.25) is 0 Å². The lowest BCUT2D eigenvalue weighted by Gasteiger charge is -2.31. The standard InChI is InChI=1S/C20H24.C18H26.CH4/c1-10-8-17-9-18-14(5)12(3)13(4)16(7)20(18)19(17)15(6)11(10)2;1-10-6-7-16-15(8-10)9-17-13(4)11(2)12(3)14(5)18(16)17;/h8H,9H2,1-7H3;10,15-16H,6-9H2,1-5H3;1H4/t;10?,15?,16-;/m.1./s1. The molecule has 0 radical (unpaired) electrons. The minimum Gasteiger partial charge on any atom is -0.0776 e. The van der Waals surface area contributed by atoms with E-state index in [9.17, 15) is 0 Å². The summed E-state index contributed by atoms with van der Waals surface area (Å²) in [4.78, 5) is 0. The van der Waals surface area contributed by atoms with E-state index in [2.05, 4.69) is 89.2 Å². The first-order valence-electron chi connectivity index (χ1n) is 15.1. The highest BCUT2D eigenvalue weighted by atomic mass is 14.4. The van der Waals surface area contributed by atoms with Gasteiger partial charge in [0, 0.05) is 0 Å². The van der Waals surface area contributed by atoms with Gasteiger partial charge in [0.05, 0.1) is 0 Å². The van der Waals surface area contributed by atoms with Crippen LogP contribution in [0.3, 0.4) is 0 Å². The number of fused-ring (bicyclic) bond motifs is 6. The van der Waals surface area contributed by atoms with Gasteiger partial charge < -0.3 is 0 Å². The predicted molar refractivity (Wildman–Crippen MR) is 173 cm³/mol. The summed E-state index contributed by atoms with van der Waals surface area (Å²) in [5.41, 5.74) is 26.2. The van der Waals surface area contributed by atoms with E-state index < -0.39 is 0 Å². The SMILES string of the molecule is C.Cc1c(C)c(C)c2c(c1C)CC1CC(C)CC[C@@H]21.Cc1cc2c(c(C)c1C)-c1c(C)c(C)c(C)c(C)c1C2. The minimum atomic E-state index is 0. The zero-order valence-corrected chi connectivity index (χ0v) is 26.3. The maximum Gasteiger partial charge on any atom is -0.00104 e. The Morgan fingerprint density at radius 2 is 1.10 bits per heavy atom. The van der Waals surface area contributed by atoms with Crippen molar-refractivity contribution in [2.24, 2.45) is 11.8 Å². The van der Waals surface area contributed by atoms with Crippen LogP contribution in [0.25, 0.3) is 11.1 Å². The molecule has 0 nitrogen and oxygen atoms in total. The first-order chi connectivity index (χ1) is 17.8. The Hall–Kier alpha value is -2.34. The lowest BCUT2D eigenvalue weighted by molar-refractivity contribution is 0.261. The molecule has 1 fully saturated rings. The van der Waals surface area contributed by atoms with Gasteiger partial charge in [-0.1, -0.05) is 26.8 Å². The molecule has 3 aromatic carbocycles. The summed E-state index contributed by atoms with van der Waals surface area (Å²) < 4.78 is 0. The molecular formula is C39H54. The van der Waals surface area contributed by atoms with E-state index in [1.165, 1.54) is 86.9 Å². The summed E-state index contributed by atoms with van der Waals surface area (Å²) in [5, 5.41) is 0. The molecule has 39 heavy (non-hydrogen) atoms. The third-order valence-corrected chi connectivity index (χ3v) is 11.6. The van der Waals surface area contributed by atoms with E-state index in [1.54, 1.807) is 33.4 Å². The number of hydrogen-bond donors (Lipinski definition) is 0. The molecule has 0 spiro atoms. The van der Waals surface area contributed by atoms with Crippen LogP contribution in [0.5, 0.6) is 0 Å². The Morgan fingerprint density at radius 1 is 0.564 bits per heavy atom. The van der Waals surface area contributed by atoms with Crippen molar-refractivity contribution in [2.75, 3.05) is 0 Å². The van der Waals surface area contributed by atoms with E-state index >= 15 is 0 Å². The van der Waals surface area contributed by atoms with Crippen LogP contribution >= 0.6 is 0 Å². The summed E-state index contributed by atoms with van der Waals surface area (Å²) in [6, 6.07) is 2.40. The van der Waals surface area contributed by atoms with Gasteiger partial charge in [-0.25, -0.2) is 0 Å². The molecule has 1 saturated carbocycles. The number of rotatable bonds is 0.